The van der Waals surface area contributed by atoms with Crippen LogP contribution in [0.3, 0.4) is 0 Å². The SMILES string of the molecule is CCOc1cc2c(cc1CC(=O)NC)C(=N)N(CC(=O)c1cc(N(C)C)c(OC)c(C(C)(C)F)c1)C2. The smallest absolute Gasteiger partial charge is 0.224 e. The number of hydrogen-bond acceptors (Lipinski definition) is 6. The molecule has 0 aliphatic carbocycles. The van der Waals surface area contributed by atoms with E-state index in [0.29, 0.717) is 52.6 Å². The third-order valence-corrected chi connectivity index (χ3v) is 6.20. The number of carbonyl (C=O) groups excluding carboxylic acids is 2. The van der Waals surface area contributed by atoms with Crippen molar-refractivity contribution in [3.05, 3.63) is 52.1 Å². The van der Waals surface area contributed by atoms with Gasteiger partial charge in [-0.25, -0.2) is 4.39 Å². The summed E-state index contributed by atoms with van der Waals surface area (Å²) in [6.07, 6.45) is 0.131. The van der Waals surface area contributed by atoms with Crippen LogP contribution < -0.4 is 19.7 Å². The highest BCUT2D eigenvalue weighted by atomic mass is 19.1. The minimum absolute atomic E-state index is 0.0480. The molecule has 1 amide bonds. The summed E-state index contributed by atoms with van der Waals surface area (Å²) in [5.41, 5.74) is 1.72. The van der Waals surface area contributed by atoms with Crippen molar-refractivity contribution in [1.29, 1.82) is 5.41 Å². The Kier molecular flexibility index (Phi) is 7.91. The Hall–Kier alpha value is -3.62. The van der Waals surface area contributed by atoms with Gasteiger partial charge in [0.2, 0.25) is 5.91 Å². The van der Waals surface area contributed by atoms with E-state index in [9.17, 15) is 9.59 Å². The number of ether oxygens (including phenoxy) is 2. The van der Waals surface area contributed by atoms with Crippen LogP contribution in [0.25, 0.3) is 0 Å². The second-order valence-electron chi connectivity index (χ2n) is 9.47. The molecule has 1 aliphatic rings. The lowest BCUT2D eigenvalue weighted by Gasteiger charge is -2.25. The van der Waals surface area contributed by atoms with Gasteiger partial charge in [0.15, 0.2) is 5.78 Å². The number of likely N-dealkylation sites (N-methyl/N-ethyl adjacent to an activating group) is 1. The van der Waals surface area contributed by atoms with Gasteiger partial charge in [-0.3, -0.25) is 15.0 Å². The van der Waals surface area contributed by atoms with Gasteiger partial charge < -0.3 is 24.6 Å². The minimum Gasteiger partial charge on any atom is -0.494 e. The minimum atomic E-state index is -1.72. The van der Waals surface area contributed by atoms with Crippen LogP contribution in [-0.4, -0.2) is 63.8 Å². The predicted octanol–water partition coefficient (Wildman–Crippen LogP) is 3.68. The molecule has 2 N–H and O–H groups in total. The summed E-state index contributed by atoms with van der Waals surface area (Å²) in [5, 5.41) is 11.3. The molecule has 0 spiro atoms. The van der Waals surface area contributed by atoms with Gasteiger partial charge >= 0.3 is 0 Å². The Morgan fingerprint density at radius 3 is 2.47 bits per heavy atom. The van der Waals surface area contributed by atoms with Crippen molar-refractivity contribution in [2.24, 2.45) is 0 Å². The van der Waals surface area contributed by atoms with Crippen molar-refractivity contribution in [2.75, 3.05) is 46.3 Å². The first kappa shape index (κ1) is 27.0. The van der Waals surface area contributed by atoms with Gasteiger partial charge in [-0.2, -0.15) is 0 Å². The third-order valence-electron chi connectivity index (χ3n) is 6.20. The van der Waals surface area contributed by atoms with Crippen LogP contribution in [0.1, 0.15) is 53.4 Å². The Morgan fingerprint density at radius 1 is 1.22 bits per heavy atom. The van der Waals surface area contributed by atoms with Crippen LogP contribution in [0, 0.1) is 5.41 Å². The topological polar surface area (TPSA) is 95.0 Å². The van der Waals surface area contributed by atoms with E-state index in [4.69, 9.17) is 14.9 Å². The third kappa shape index (κ3) is 5.45. The number of rotatable bonds is 10. The molecule has 0 bridgehead atoms. The van der Waals surface area contributed by atoms with Crippen LogP contribution in [0.4, 0.5) is 10.1 Å². The Morgan fingerprint density at radius 2 is 1.92 bits per heavy atom. The van der Waals surface area contributed by atoms with E-state index in [1.165, 1.54) is 27.0 Å². The van der Waals surface area contributed by atoms with Gasteiger partial charge in [0.1, 0.15) is 23.0 Å². The molecule has 0 fully saturated rings. The van der Waals surface area contributed by atoms with Crippen molar-refractivity contribution in [2.45, 2.75) is 39.4 Å². The zero-order valence-electron chi connectivity index (χ0n) is 22.0. The number of anilines is 1. The quantitative estimate of drug-likeness (QED) is 0.486. The van der Waals surface area contributed by atoms with E-state index in [1.54, 1.807) is 43.1 Å². The summed E-state index contributed by atoms with van der Waals surface area (Å²) in [6, 6.07) is 6.87. The first-order valence-electron chi connectivity index (χ1n) is 11.9. The molecule has 1 aliphatic heterocycles. The molecule has 0 saturated carbocycles. The fraction of sp³-hybridized carbons (Fsp3) is 0.444. The van der Waals surface area contributed by atoms with Gasteiger partial charge in [0, 0.05) is 49.9 Å². The van der Waals surface area contributed by atoms with Crippen LogP contribution in [0.15, 0.2) is 24.3 Å². The van der Waals surface area contributed by atoms with Gasteiger partial charge in [-0.1, -0.05) is 0 Å². The number of benzene rings is 2. The molecule has 3 rings (SSSR count). The van der Waals surface area contributed by atoms with E-state index < -0.39 is 5.67 Å². The van der Waals surface area contributed by atoms with Crippen LogP contribution in [0.2, 0.25) is 0 Å². The molecular formula is C27H35FN4O4. The number of alkyl halides is 1. The number of hydrogen-bond donors (Lipinski definition) is 2. The molecule has 36 heavy (non-hydrogen) atoms. The Labute approximate surface area is 211 Å². The highest BCUT2D eigenvalue weighted by Crippen LogP contribution is 2.40. The lowest BCUT2D eigenvalue weighted by molar-refractivity contribution is -0.119. The first-order valence-corrected chi connectivity index (χ1v) is 11.9. The lowest BCUT2D eigenvalue weighted by Crippen LogP contribution is -2.30. The van der Waals surface area contributed by atoms with Crippen molar-refractivity contribution in [3.63, 3.8) is 0 Å². The number of fused-ring (bicyclic) bond motifs is 1. The number of ketones is 1. The maximum absolute atomic E-state index is 15.1. The average molecular weight is 499 g/mol. The average Bonchev–Trinajstić information content (AvgIpc) is 3.11. The van der Waals surface area contributed by atoms with E-state index in [1.807, 2.05) is 13.0 Å². The Balaban J connectivity index is 1.92. The number of Topliss-reactive ketones (excluding diaryl/α,β-unsaturated/α-hetero) is 1. The molecule has 0 saturated heterocycles. The summed E-state index contributed by atoms with van der Waals surface area (Å²) in [5.74, 6) is 0.792. The molecular weight excluding hydrogens is 463 g/mol. The zero-order chi connectivity index (χ0) is 26.8. The number of nitrogens with one attached hydrogen (secondary N) is 2. The molecule has 0 aromatic heterocycles. The molecule has 2 aromatic rings. The molecule has 1 heterocycles. The van der Waals surface area contributed by atoms with Crippen molar-refractivity contribution < 1.29 is 23.5 Å². The van der Waals surface area contributed by atoms with Gasteiger partial charge in [-0.15, -0.1) is 0 Å². The zero-order valence-corrected chi connectivity index (χ0v) is 22.0. The summed E-state index contributed by atoms with van der Waals surface area (Å²) in [6.45, 7) is 5.48. The van der Waals surface area contributed by atoms with E-state index in [2.05, 4.69) is 5.32 Å². The molecule has 0 unspecified atom stereocenters. The highest BCUT2D eigenvalue weighted by molar-refractivity contribution is 6.06. The van der Waals surface area contributed by atoms with Crippen molar-refractivity contribution in [3.8, 4) is 11.5 Å². The molecule has 8 nitrogen and oxygen atoms in total. The lowest BCUT2D eigenvalue weighted by atomic mass is 9.94. The standard InChI is InChI=1S/C27H35FN4O4/c1-8-36-23-12-18-14-32(26(29)19(18)9-17(23)13-24(34)30-4)15-22(33)16-10-20(27(2,3)28)25(35-7)21(11-16)31(5)6/h9-12,29H,8,13-15H2,1-7H3,(H,30,34). The fourth-order valence-corrected chi connectivity index (χ4v) is 4.32. The van der Waals surface area contributed by atoms with Crippen molar-refractivity contribution in [1.82, 2.24) is 10.2 Å². The first-order chi connectivity index (χ1) is 16.9. The number of carbonyl (C=O) groups is 2. The van der Waals surface area contributed by atoms with Gasteiger partial charge in [0.05, 0.1) is 32.4 Å². The summed E-state index contributed by atoms with van der Waals surface area (Å²) < 4.78 is 26.3. The number of methoxy groups -OCH3 is 1. The molecule has 0 atom stereocenters. The van der Waals surface area contributed by atoms with Gasteiger partial charge in [0.25, 0.3) is 0 Å². The molecule has 0 radical (unpaired) electrons. The van der Waals surface area contributed by atoms with E-state index >= 15 is 4.39 Å². The maximum Gasteiger partial charge on any atom is 0.224 e. The normalized spacial score (nSPS) is 12.9. The van der Waals surface area contributed by atoms with Crippen LogP contribution in [-0.2, 0) is 23.4 Å². The fourth-order valence-electron chi connectivity index (χ4n) is 4.32. The van der Waals surface area contributed by atoms with Crippen molar-refractivity contribution >= 4 is 23.2 Å². The molecule has 194 valence electrons. The number of amides is 1. The highest BCUT2D eigenvalue weighted by Gasteiger charge is 2.31. The van der Waals surface area contributed by atoms with E-state index in [0.717, 1.165) is 5.56 Å². The second-order valence-corrected chi connectivity index (χ2v) is 9.47. The van der Waals surface area contributed by atoms with Crippen LogP contribution in [0.5, 0.6) is 11.5 Å². The maximum atomic E-state index is 15.1. The number of amidine groups is 1. The van der Waals surface area contributed by atoms with E-state index in [-0.39, 0.29) is 30.5 Å². The number of halogens is 1. The molecule has 9 heteroatoms. The monoisotopic (exact) mass is 498 g/mol. The second kappa shape index (κ2) is 10.6. The van der Waals surface area contributed by atoms with Crippen LogP contribution >= 0.6 is 0 Å². The molecule has 2 aromatic carbocycles. The predicted molar refractivity (Wildman–Crippen MR) is 138 cm³/mol. The number of nitrogens with zero attached hydrogens (tertiary/aromatic N) is 2. The largest absolute Gasteiger partial charge is 0.494 e. The summed E-state index contributed by atoms with van der Waals surface area (Å²) in [4.78, 5) is 28.8. The summed E-state index contributed by atoms with van der Waals surface area (Å²) >= 11 is 0. The Bertz CT molecular complexity index is 1190. The summed E-state index contributed by atoms with van der Waals surface area (Å²) in [7, 11) is 6.67. The van der Waals surface area contributed by atoms with Gasteiger partial charge in [-0.05, 0) is 50.6 Å².